The third-order valence-corrected chi connectivity index (χ3v) is 3.57. The molecule has 0 aliphatic carbocycles. The zero-order valence-electron chi connectivity index (χ0n) is 10.8. The molecule has 1 aromatic rings. The van der Waals surface area contributed by atoms with Gasteiger partial charge in [-0.3, -0.25) is 4.79 Å². The first-order valence-electron chi connectivity index (χ1n) is 5.77. The first kappa shape index (κ1) is 12.7. The zero-order valence-corrected chi connectivity index (χ0v) is 11.6. The molecule has 0 N–H and O–H groups in total. The van der Waals surface area contributed by atoms with E-state index in [1.165, 1.54) is 6.34 Å². The smallest absolute Gasteiger partial charge is 0.301 e. The fraction of sp³-hybridized carbons (Fsp3) is 0.154. The second-order valence-corrected chi connectivity index (χ2v) is 4.84. The van der Waals surface area contributed by atoms with E-state index in [2.05, 4.69) is 20.0 Å². The van der Waals surface area contributed by atoms with Gasteiger partial charge in [-0.1, -0.05) is 0 Å². The Bertz CT molecular complexity index is 719. The predicted molar refractivity (Wildman–Crippen MR) is 79.7 cm³/mol. The van der Waals surface area contributed by atoms with Gasteiger partial charge in [-0.05, 0) is 24.5 Å². The number of amidine groups is 2. The Labute approximate surface area is 119 Å². The maximum atomic E-state index is 11.6. The van der Waals surface area contributed by atoms with E-state index in [1.807, 2.05) is 24.5 Å². The average Bonchev–Trinajstić information content (AvgIpc) is 2.92. The summed E-state index contributed by atoms with van der Waals surface area (Å²) in [5.74, 6) is 0.953. The molecule has 0 saturated heterocycles. The number of ether oxygens (including phenoxy) is 1. The molecule has 0 unspecified atom stereocenters. The molecular formula is C13H10N4O2S. The Morgan fingerprint density at radius 3 is 2.75 bits per heavy atom. The lowest BCUT2D eigenvalue weighted by Crippen LogP contribution is -2.21. The molecule has 0 atom stereocenters. The number of nitrogens with zero attached hydrogens (tertiary/aromatic N) is 4. The van der Waals surface area contributed by atoms with Crippen molar-refractivity contribution in [3.63, 3.8) is 0 Å². The lowest BCUT2D eigenvalue weighted by atomic mass is 10.2. The number of hydrogen-bond acceptors (Lipinski definition) is 6. The second kappa shape index (κ2) is 5.01. The fourth-order valence-electron chi connectivity index (χ4n) is 1.87. The largest absolute Gasteiger partial charge is 0.496 e. The normalized spacial score (nSPS) is 16.5. The van der Waals surface area contributed by atoms with Crippen molar-refractivity contribution < 1.29 is 9.53 Å². The summed E-state index contributed by atoms with van der Waals surface area (Å²) in [6.45, 7) is 0. The van der Waals surface area contributed by atoms with E-state index in [0.29, 0.717) is 17.4 Å². The van der Waals surface area contributed by atoms with Crippen molar-refractivity contribution in [2.45, 2.75) is 4.90 Å². The highest BCUT2D eigenvalue weighted by atomic mass is 32.2. The minimum Gasteiger partial charge on any atom is -0.496 e. The minimum absolute atomic E-state index is 0.180. The van der Waals surface area contributed by atoms with Gasteiger partial charge < -0.3 is 4.74 Å². The molecule has 0 spiro atoms. The third-order valence-electron chi connectivity index (χ3n) is 2.85. The number of amides is 1. The van der Waals surface area contributed by atoms with E-state index >= 15 is 0 Å². The van der Waals surface area contributed by atoms with Crippen LogP contribution < -0.4 is 4.74 Å². The minimum atomic E-state index is -0.422. The number of carbonyl (C=O) groups is 1. The number of thioether (sulfide) groups is 1. The number of fused-ring (bicyclic) bond motifs is 1. The molecule has 2 aliphatic rings. The Kier molecular flexibility index (Phi) is 3.19. The van der Waals surface area contributed by atoms with Gasteiger partial charge in [-0.2, -0.15) is 4.99 Å². The molecular weight excluding hydrogens is 276 g/mol. The van der Waals surface area contributed by atoms with Gasteiger partial charge in [0.1, 0.15) is 12.1 Å². The van der Waals surface area contributed by atoms with Crippen molar-refractivity contribution >= 4 is 41.4 Å². The SMILES string of the molecule is COc1ccc(SC)cc1C1=NC2=NC=NC(=O)C2=N1. The molecule has 0 radical (unpaired) electrons. The molecule has 2 heterocycles. The highest BCUT2D eigenvalue weighted by molar-refractivity contribution is 7.98. The van der Waals surface area contributed by atoms with Gasteiger partial charge in [0.25, 0.3) is 0 Å². The molecule has 20 heavy (non-hydrogen) atoms. The van der Waals surface area contributed by atoms with Crippen LogP contribution in [0.25, 0.3) is 0 Å². The molecule has 3 rings (SSSR count). The van der Waals surface area contributed by atoms with Crippen molar-refractivity contribution in [3.05, 3.63) is 23.8 Å². The van der Waals surface area contributed by atoms with Crippen molar-refractivity contribution in [1.82, 2.24) is 0 Å². The van der Waals surface area contributed by atoms with Crippen LogP contribution in [-0.4, -0.2) is 43.0 Å². The van der Waals surface area contributed by atoms with Crippen LogP contribution in [0, 0.1) is 0 Å². The quantitative estimate of drug-likeness (QED) is 0.792. The van der Waals surface area contributed by atoms with Crippen LogP contribution >= 0.6 is 11.8 Å². The number of methoxy groups -OCH3 is 1. The van der Waals surface area contributed by atoms with Crippen LogP contribution in [-0.2, 0) is 4.79 Å². The number of benzene rings is 1. The summed E-state index contributed by atoms with van der Waals surface area (Å²) in [6, 6.07) is 5.73. The summed E-state index contributed by atoms with van der Waals surface area (Å²) in [6.07, 6.45) is 3.17. The Hall–Kier alpha value is -2.28. The Morgan fingerprint density at radius 1 is 1.20 bits per heavy atom. The summed E-state index contributed by atoms with van der Waals surface area (Å²) in [7, 11) is 1.58. The number of hydrogen-bond donors (Lipinski definition) is 0. The van der Waals surface area contributed by atoms with Crippen LogP contribution in [0.4, 0.5) is 0 Å². The van der Waals surface area contributed by atoms with Gasteiger partial charge in [0.05, 0.1) is 12.7 Å². The molecule has 0 bridgehead atoms. The van der Waals surface area contributed by atoms with Gasteiger partial charge in [0.2, 0.25) is 0 Å². The fourth-order valence-corrected chi connectivity index (χ4v) is 2.31. The van der Waals surface area contributed by atoms with E-state index < -0.39 is 5.91 Å². The van der Waals surface area contributed by atoms with E-state index in [4.69, 9.17) is 4.74 Å². The number of rotatable bonds is 3. The standard InChI is InChI=1S/C13H10N4O2S/c1-19-9-4-3-7(20-2)5-8(9)11-16-10-12(17-11)14-6-15-13(10)18/h3-6H,1-2H3. The van der Waals surface area contributed by atoms with Gasteiger partial charge in [0, 0.05) is 4.90 Å². The first-order valence-corrected chi connectivity index (χ1v) is 7.00. The van der Waals surface area contributed by atoms with E-state index in [1.54, 1.807) is 18.9 Å². The van der Waals surface area contributed by atoms with E-state index in [9.17, 15) is 4.79 Å². The van der Waals surface area contributed by atoms with Crippen LogP contribution in [0.5, 0.6) is 5.75 Å². The molecule has 0 saturated carbocycles. The van der Waals surface area contributed by atoms with Crippen molar-refractivity contribution in [1.29, 1.82) is 0 Å². The van der Waals surface area contributed by atoms with Crippen LogP contribution in [0.3, 0.4) is 0 Å². The van der Waals surface area contributed by atoms with Crippen LogP contribution in [0.15, 0.2) is 43.1 Å². The Balaban J connectivity index is 2.09. The molecule has 7 heteroatoms. The molecule has 0 fully saturated rings. The highest BCUT2D eigenvalue weighted by Gasteiger charge is 2.28. The molecule has 6 nitrogen and oxygen atoms in total. The molecule has 0 aromatic heterocycles. The first-order chi connectivity index (χ1) is 9.72. The topological polar surface area (TPSA) is 75.7 Å². The molecule has 1 amide bonds. The van der Waals surface area contributed by atoms with Gasteiger partial charge in [-0.25, -0.2) is 15.0 Å². The third kappa shape index (κ3) is 2.05. The lowest BCUT2D eigenvalue weighted by molar-refractivity contribution is -0.111. The summed E-state index contributed by atoms with van der Waals surface area (Å²) < 4.78 is 5.32. The zero-order chi connectivity index (χ0) is 14.1. The highest BCUT2D eigenvalue weighted by Crippen LogP contribution is 2.27. The maximum absolute atomic E-state index is 11.6. The molecule has 1 aromatic carbocycles. The van der Waals surface area contributed by atoms with E-state index in [-0.39, 0.29) is 5.71 Å². The van der Waals surface area contributed by atoms with Gasteiger partial charge in [0.15, 0.2) is 17.4 Å². The van der Waals surface area contributed by atoms with Crippen molar-refractivity contribution in [2.24, 2.45) is 20.0 Å². The van der Waals surface area contributed by atoms with E-state index in [0.717, 1.165) is 10.5 Å². The number of aliphatic imine (C=N–C) groups is 4. The van der Waals surface area contributed by atoms with Crippen LogP contribution in [0.2, 0.25) is 0 Å². The summed E-state index contributed by atoms with van der Waals surface area (Å²) in [4.78, 5) is 28.7. The summed E-state index contributed by atoms with van der Waals surface area (Å²) in [5, 5.41) is 0. The predicted octanol–water partition coefficient (Wildman–Crippen LogP) is 1.59. The van der Waals surface area contributed by atoms with Gasteiger partial charge >= 0.3 is 5.91 Å². The molecule has 100 valence electrons. The lowest BCUT2D eigenvalue weighted by Gasteiger charge is -2.07. The summed E-state index contributed by atoms with van der Waals surface area (Å²) >= 11 is 1.61. The molecule has 2 aliphatic heterocycles. The second-order valence-electron chi connectivity index (χ2n) is 3.96. The van der Waals surface area contributed by atoms with Crippen LogP contribution in [0.1, 0.15) is 5.56 Å². The maximum Gasteiger partial charge on any atom is 0.301 e. The monoisotopic (exact) mass is 286 g/mol. The summed E-state index contributed by atoms with van der Waals surface area (Å²) in [5.41, 5.74) is 0.913. The average molecular weight is 286 g/mol. The van der Waals surface area contributed by atoms with Crippen molar-refractivity contribution in [2.75, 3.05) is 13.4 Å². The van der Waals surface area contributed by atoms with Gasteiger partial charge in [-0.15, -0.1) is 11.8 Å². The number of carbonyl (C=O) groups excluding carboxylic acids is 1. The Morgan fingerprint density at radius 2 is 2.05 bits per heavy atom. The van der Waals surface area contributed by atoms with Crippen molar-refractivity contribution in [3.8, 4) is 5.75 Å².